The van der Waals surface area contributed by atoms with Crippen LogP contribution in [0.4, 0.5) is 16.2 Å². The maximum atomic E-state index is 12.7. The number of carbonyl (C=O) groups is 2. The number of nitrogens with zero attached hydrogens (tertiary/aromatic N) is 3. The van der Waals surface area contributed by atoms with Gasteiger partial charge in [-0.05, 0) is 38.8 Å². The minimum atomic E-state index is -0.656. The summed E-state index contributed by atoms with van der Waals surface area (Å²) >= 11 is 0. The molecular weight excluding hydrogens is 356 g/mol. The summed E-state index contributed by atoms with van der Waals surface area (Å²) in [5.41, 5.74) is 3.12. The number of para-hydroxylation sites is 2. The molecule has 28 heavy (non-hydrogen) atoms. The van der Waals surface area contributed by atoms with Crippen LogP contribution in [-0.2, 0) is 11.8 Å². The second-order valence-electron chi connectivity index (χ2n) is 7.67. The molecule has 8 heteroatoms. The summed E-state index contributed by atoms with van der Waals surface area (Å²) in [5.74, 6) is -0.0226. The second kappa shape index (κ2) is 6.85. The highest BCUT2D eigenvalue weighted by Gasteiger charge is 2.45. The first-order valence-electron chi connectivity index (χ1n) is 9.62. The molecule has 2 aliphatic heterocycles. The second-order valence-corrected chi connectivity index (χ2v) is 7.67. The molecule has 0 aliphatic carbocycles. The topological polar surface area (TPSA) is 91.3 Å². The first-order valence-corrected chi connectivity index (χ1v) is 9.62. The van der Waals surface area contributed by atoms with Gasteiger partial charge >= 0.3 is 6.03 Å². The monoisotopic (exact) mass is 382 g/mol. The number of rotatable bonds is 2. The minimum absolute atomic E-state index is 0.0226. The van der Waals surface area contributed by atoms with Crippen molar-refractivity contribution in [2.75, 3.05) is 23.7 Å². The van der Waals surface area contributed by atoms with Gasteiger partial charge in [-0.1, -0.05) is 12.1 Å². The van der Waals surface area contributed by atoms with Crippen molar-refractivity contribution in [2.45, 2.75) is 38.3 Å². The van der Waals surface area contributed by atoms with E-state index < -0.39 is 5.54 Å². The zero-order valence-electron chi connectivity index (χ0n) is 16.5. The Hall–Kier alpha value is -3.03. The van der Waals surface area contributed by atoms with E-state index in [1.807, 2.05) is 45.2 Å². The molecule has 1 fully saturated rings. The van der Waals surface area contributed by atoms with Gasteiger partial charge in [0, 0.05) is 31.4 Å². The van der Waals surface area contributed by atoms with Crippen LogP contribution >= 0.6 is 0 Å². The van der Waals surface area contributed by atoms with Gasteiger partial charge in [0.05, 0.1) is 23.6 Å². The van der Waals surface area contributed by atoms with Crippen molar-refractivity contribution in [1.29, 1.82) is 0 Å². The maximum absolute atomic E-state index is 12.7. The molecule has 1 spiro atoms. The molecule has 2 aromatic rings. The Balaban J connectivity index is 1.39. The van der Waals surface area contributed by atoms with Gasteiger partial charge in [0.25, 0.3) is 0 Å². The number of likely N-dealkylation sites (tertiary alicyclic amines) is 1. The highest BCUT2D eigenvalue weighted by molar-refractivity contribution is 6.06. The average Bonchev–Trinajstić information content (AvgIpc) is 3.02. The molecule has 3 N–H and O–H groups in total. The van der Waals surface area contributed by atoms with Crippen molar-refractivity contribution < 1.29 is 9.59 Å². The van der Waals surface area contributed by atoms with Crippen molar-refractivity contribution in [3.63, 3.8) is 0 Å². The Morgan fingerprint density at radius 2 is 1.93 bits per heavy atom. The van der Waals surface area contributed by atoms with E-state index in [0.717, 1.165) is 22.6 Å². The Morgan fingerprint density at radius 3 is 2.57 bits per heavy atom. The molecule has 0 saturated carbocycles. The normalized spacial score (nSPS) is 18.8. The summed E-state index contributed by atoms with van der Waals surface area (Å²) in [4.78, 5) is 27.2. The van der Waals surface area contributed by atoms with Crippen LogP contribution in [0.25, 0.3) is 0 Å². The van der Waals surface area contributed by atoms with Crippen LogP contribution < -0.4 is 16.0 Å². The van der Waals surface area contributed by atoms with E-state index in [2.05, 4.69) is 21.0 Å². The summed E-state index contributed by atoms with van der Waals surface area (Å²) in [5, 5.41) is 13.7. The lowest BCUT2D eigenvalue weighted by Gasteiger charge is -2.44. The van der Waals surface area contributed by atoms with Crippen molar-refractivity contribution >= 4 is 23.3 Å². The first-order chi connectivity index (χ1) is 13.4. The Kier molecular flexibility index (Phi) is 4.49. The Morgan fingerprint density at radius 1 is 1.25 bits per heavy atom. The molecule has 3 amide bonds. The number of carbonyl (C=O) groups excluding carboxylic acids is 2. The number of hydrogen-bond donors (Lipinski definition) is 3. The predicted molar refractivity (Wildman–Crippen MR) is 107 cm³/mol. The minimum Gasteiger partial charge on any atom is -0.369 e. The van der Waals surface area contributed by atoms with E-state index in [-0.39, 0.29) is 18.0 Å². The van der Waals surface area contributed by atoms with Gasteiger partial charge in [-0.2, -0.15) is 5.10 Å². The number of nitrogens with one attached hydrogen (secondary N) is 3. The van der Waals surface area contributed by atoms with Gasteiger partial charge in [-0.3, -0.25) is 9.48 Å². The molecule has 3 heterocycles. The Labute approximate surface area is 164 Å². The maximum Gasteiger partial charge on any atom is 0.317 e. The smallest absolute Gasteiger partial charge is 0.317 e. The SMILES string of the molecule is Cc1c([C@H](C)NC(=O)N2CCC3(CC2)Nc2ccccc2NC3=O)cnn1C. The highest BCUT2D eigenvalue weighted by Crippen LogP contribution is 2.36. The molecule has 1 aromatic carbocycles. The van der Waals surface area contributed by atoms with Crippen LogP contribution in [0.5, 0.6) is 0 Å². The fourth-order valence-electron chi connectivity index (χ4n) is 4.00. The molecule has 4 rings (SSSR count). The van der Waals surface area contributed by atoms with Crippen LogP contribution in [0.1, 0.15) is 37.1 Å². The number of amides is 3. The van der Waals surface area contributed by atoms with Gasteiger partial charge in [-0.15, -0.1) is 0 Å². The van der Waals surface area contributed by atoms with Crippen molar-refractivity contribution in [3.05, 3.63) is 41.7 Å². The summed E-state index contributed by atoms with van der Waals surface area (Å²) in [6, 6.07) is 7.46. The van der Waals surface area contributed by atoms with Crippen molar-refractivity contribution in [3.8, 4) is 0 Å². The van der Waals surface area contributed by atoms with Crippen LogP contribution in [0.2, 0.25) is 0 Å². The fourth-order valence-corrected chi connectivity index (χ4v) is 4.00. The van der Waals surface area contributed by atoms with Gasteiger partial charge in [-0.25, -0.2) is 4.79 Å². The summed E-state index contributed by atoms with van der Waals surface area (Å²) in [6.45, 7) is 4.99. The highest BCUT2D eigenvalue weighted by atomic mass is 16.2. The lowest BCUT2D eigenvalue weighted by atomic mass is 9.84. The summed E-state index contributed by atoms with van der Waals surface area (Å²) in [7, 11) is 1.89. The van der Waals surface area contributed by atoms with E-state index in [9.17, 15) is 9.59 Å². The molecule has 8 nitrogen and oxygen atoms in total. The van der Waals surface area contributed by atoms with Gasteiger partial charge in [0.1, 0.15) is 5.54 Å². The third-order valence-electron chi connectivity index (χ3n) is 5.97. The van der Waals surface area contributed by atoms with E-state index >= 15 is 0 Å². The number of hydrogen-bond acceptors (Lipinski definition) is 4. The number of benzene rings is 1. The molecule has 0 unspecified atom stereocenters. The van der Waals surface area contributed by atoms with Crippen LogP contribution in [0.15, 0.2) is 30.5 Å². The molecule has 0 radical (unpaired) electrons. The van der Waals surface area contributed by atoms with Crippen LogP contribution in [0, 0.1) is 6.92 Å². The number of aryl methyl sites for hydroxylation is 1. The summed E-state index contributed by atoms with van der Waals surface area (Å²) < 4.78 is 1.80. The third kappa shape index (κ3) is 3.08. The molecule has 0 bridgehead atoms. The third-order valence-corrected chi connectivity index (χ3v) is 5.97. The number of fused-ring (bicyclic) bond motifs is 1. The molecule has 1 saturated heterocycles. The van der Waals surface area contributed by atoms with Crippen molar-refractivity contribution in [1.82, 2.24) is 20.0 Å². The van der Waals surface area contributed by atoms with Crippen LogP contribution in [0.3, 0.4) is 0 Å². The first kappa shape index (κ1) is 18.3. The lowest BCUT2D eigenvalue weighted by Crippen LogP contribution is -2.60. The zero-order valence-corrected chi connectivity index (χ0v) is 16.5. The molecule has 1 aromatic heterocycles. The van der Waals surface area contributed by atoms with Gasteiger partial charge in [0.15, 0.2) is 0 Å². The number of anilines is 2. The predicted octanol–water partition coefficient (Wildman–Crippen LogP) is 2.40. The van der Waals surface area contributed by atoms with E-state index in [1.54, 1.807) is 15.8 Å². The Bertz CT molecular complexity index is 913. The quantitative estimate of drug-likeness (QED) is 0.744. The number of aromatic nitrogens is 2. The largest absolute Gasteiger partial charge is 0.369 e. The van der Waals surface area contributed by atoms with Crippen molar-refractivity contribution in [2.24, 2.45) is 7.05 Å². The molecule has 148 valence electrons. The number of piperidine rings is 1. The van der Waals surface area contributed by atoms with E-state index in [4.69, 9.17) is 0 Å². The average molecular weight is 382 g/mol. The fraction of sp³-hybridized carbons (Fsp3) is 0.450. The van der Waals surface area contributed by atoms with Gasteiger partial charge < -0.3 is 20.9 Å². The van der Waals surface area contributed by atoms with Crippen LogP contribution in [-0.4, -0.2) is 45.2 Å². The number of urea groups is 1. The van der Waals surface area contributed by atoms with E-state index in [0.29, 0.717) is 25.9 Å². The summed E-state index contributed by atoms with van der Waals surface area (Å²) in [6.07, 6.45) is 2.93. The van der Waals surface area contributed by atoms with E-state index in [1.165, 1.54) is 0 Å². The van der Waals surface area contributed by atoms with Gasteiger partial charge in [0.2, 0.25) is 5.91 Å². The zero-order chi connectivity index (χ0) is 19.9. The standard InChI is InChI=1S/C20H26N6O2/c1-13(15-12-21-25(3)14(15)2)22-19(28)26-10-8-20(9-11-26)18(27)23-16-6-4-5-7-17(16)24-20/h4-7,12-13,24H,8-11H2,1-3H3,(H,22,28)(H,23,27)/t13-/m0/s1. The molecule has 1 atom stereocenters. The molecule has 2 aliphatic rings. The lowest BCUT2D eigenvalue weighted by molar-refractivity contribution is -0.121. The molecular formula is C20H26N6O2.